The first-order chi connectivity index (χ1) is 10.1. The summed E-state index contributed by atoms with van der Waals surface area (Å²) in [7, 11) is 0. The normalized spacial score (nSPS) is 24.3. The van der Waals surface area contributed by atoms with Gasteiger partial charge in [0.25, 0.3) is 0 Å². The summed E-state index contributed by atoms with van der Waals surface area (Å²) in [5.41, 5.74) is 1.16. The van der Waals surface area contributed by atoms with E-state index < -0.39 is 0 Å². The molecule has 2 N–H and O–H groups in total. The molecular weight excluding hydrogens is 319 g/mol. The van der Waals surface area contributed by atoms with Gasteiger partial charge in [0.2, 0.25) is 5.91 Å². The summed E-state index contributed by atoms with van der Waals surface area (Å²) < 4.78 is 0. The van der Waals surface area contributed by atoms with Crippen LogP contribution in [0.25, 0.3) is 0 Å². The van der Waals surface area contributed by atoms with Gasteiger partial charge in [0.1, 0.15) is 0 Å². The minimum Gasteiger partial charge on any atom is -0.348 e. The van der Waals surface area contributed by atoms with Crippen molar-refractivity contribution in [3.63, 3.8) is 0 Å². The van der Waals surface area contributed by atoms with Crippen LogP contribution >= 0.6 is 24.0 Å². The molecule has 0 heterocycles. The third-order valence-corrected chi connectivity index (χ3v) is 4.81. The molecule has 3 rings (SSSR count). The van der Waals surface area contributed by atoms with Crippen molar-refractivity contribution in [1.29, 1.82) is 0 Å². The second kappa shape index (κ2) is 7.67. The lowest BCUT2D eigenvalue weighted by atomic mass is 10.0. The van der Waals surface area contributed by atoms with Crippen molar-refractivity contribution in [3.05, 3.63) is 34.9 Å². The molecule has 3 atom stereocenters. The van der Waals surface area contributed by atoms with E-state index in [1.165, 1.54) is 19.3 Å². The van der Waals surface area contributed by atoms with Crippen molar-refractivity contribution in [3.8, 4) is 0 Å². The molecule has 2 aliphatic rings. The van der Waals surface area contributed by atoms with Crippen molar-refractivity contribution in [2.24, 2.45) is 17.8 Å². The Morgan fingerprint density at radius 3 is 2.50 bits per heavy atom. The van der Waals surface area contributed by atoms with Gasteiger partial charge >= 0.3 is 0 Å². The number of nitrogens with one attached hydrogen (secondary N) is 2. The number of halogens is 2. The summed E-state index contributed by atoms with van der Waals surface area (Å²) in [5, 5.41) is 7.18. The van der Waals surface area contributed by atoms with E-state index in [1.54, 1.807) is 0 Å². The Morgan fingerprint density at radius 2 is 1.95 bits per heavy atom. The maximum Gasteiger partial charge on any atom is 0.234 e. The van der Waals surface area contributed by atoms with Crippen LogP contribution in [-0.4, -0.2) is 19.0 Å². The van der Waals surface area contributed by atoms with E-state index in [0.29, 0.717) is 18.4 Å². The van der Waals surface area contributed by atoms with Gasteiger partial charge in [-0.15, -0.1) is 12.4 Å². The number of carbonyl (C=O) groups excluding carboxylic acids is 1. The largest absolute Gasteiger partial charge is 0.348 e. The van der Waals surface area contributed by atoms with Crippen LogP contribution in [0.4, 0.5) is 0 Å². The molecule has 0 radical (unpaired) electrons. The fraction of sp³-hybridized carbons (Fsp3) is 0.588. The lowest BCUT2D eigenvalue weighted by Crippen LogP contribution is -2.37. The molecule has 122 valence electrons. The van der Waals surface area contributed by atoms with Crippen LogP contribution in [0.15, 0.2) is 24.3 Å². The predicted molar refractivity (Wildman–Crippen MR) is 92.4 cm³/mol. The van der Waals surface area contributed by atoms with E-state index in [-0.39, 0.29) is 24.4 Å². The van der Waals surface area contributed by atoms with Crippen molar-refractivity contribution in [1.82, 2.24) is 10.6 Å². The van der Waals surface area contributed by atoms with Gasteiger partial charge in [0.05, 0.1) is 12.6 Å². The van der Waals surface area contributed by atoms with Crippen molar-refractivity contribution < 1.29 is 4.79 Å². The molecule has 1 amide bonds. The van der Waals surface area contributed by atoms with Crippen LogP contribution in [0, 0.1) is 17.8 Å². The van der Waals surface area contributed by atoms with E-state index in [4.69, 9.17) is 11.6 Å². The number of benzene rings is 1. The van der Waals surface area contributed by atoms with Crippen LogP contribution < -0.4 is 10.6 Å². The quantitative estimate of drug-likeness (QED) is 0.795. The van der Waals surface area contributed by atoms with Crippen LogP contribution in [0.1, 0.15) is 37.8 Å². The zero-order valence-corrected chi connectivity index (χ0v) is 14.4. The van der Waals surface area contributed by atoms with E-state index >= 15 is 0 Å². The minimum absolute atomic E-state index is 0. The highest BCUT2D eigenvalue weighted by Crippen LogP contribution is 2.47. The van der Waals surface area contributed by atoms with Gasteiger partial charge in [-0.05, 0) is 61.3 Å². The maximum atomic E-state index is 12.1. The highest BCUT2D eigenvalue weighted by Gasteiger charge is 2.40. The summed E-state index contributed by atoms with van der Waals surface area (Å²) in [4.78, 5) is 12.1. The van der Waals surface area contributed by atoms with Gasteiger partial charge < -0.3 is 10.6 Å². The second-order valence-corrected chi connectivity index (χ2v) is 6.98. The molecule has 0 bridgehead atoms. The average Bonchev–Trinajstić information content (AvgIpc) is 3.36. The van der Waals surface area contributed by atoms with Gasteiger partial charge in [0.15, 0.2) is 0 Å². The molecular formula is C17H24Cl2N2O. The Kier molecular flexibility index (Phi) is 6.13. The number of hydrogen-bond acceptors (Lipinski definition) is 2. The van der Waals surface area contributed by atoms with E-state index in [9.17, 15) is 4.79 Å². The zero-order valence-electron chi connectivity index (χ0n) is 12.8. The fourth-order valence-corrected chi connectivity index (χ4v) is 2.99. The topological polar surface area (TPSA) is 41.1 Å². The van der Waals surface area contributed by atoms with Crippen LogP contribution in [0.5, 0.6) is 0 Å². The third kappa shape index (κ3) is 4.87. The molecule has 2 fully saturated rings. The lowest BCUT2D eigenvalue weighted by Gasteiger charge is -2.20. The molecule has 3 unspecified atom stereocenters. The number of amides is 1. The first kappa shape index (κ1) is 17.6. The molecule has 3 nitrogen and oxygen atoms in total. The first-order valence-electron chi connectivity index (χ1n) is 7.89. The predicted octanol–water partition coefficient (Wildman–Crippen LogP) is 3.57. The van der Waals surface area contributed by atoms with E-state index in [2.05, 4.69) is 17.6 Å². The molecule has 2 aliphatic carbocycles. The summed E-state index contributed by atoms with van der Waals surface area (Å²) >= 11 is 5.95. The van der Waals surface area contributed by atoms with Crippen molar-refractivity contribution in [2.45, 2.75) is 32.2 Å². The smallest absolute Gasteiger partial charge is 0.234 e. The Morgan fingerprint density at radius 1 is 1.32 bits per heavy atom. The van der Waals surface area contributed by atoms with Gasteiger partial charge in [-0.25, -0.2) is 0 Å². The van der Waals surface area contributed by atoms with Gasteiger partial charge in [-0.1, -0.05) is 30.7 Å². The number of carbonyl (C=O) groups is 1. The van der Waals surface area contributed by atoms with Crippen LogP contribution in [-0.2, 0) is 4.79 Å². The Balaban J connectivity index is 0.00000176. The highest BCUT2D eigenvalue weighted by atomic mass is 35.5. The summed E-state index contributed by atoms with van der Waals surface area (Å²) in [6.07, 6.45) is 3.80. The Hall–Kier alpha value is -0.770. The average molecular weight is 343 g/mol. The molecule has 0 aromatic heterocycles. The molecule has 0 aliphatic heterocycles. The second-order valence-electron chi connectivity index (χ2n) is 6.55. The fourth-order valence-electron chi connectivity index (χ4n) is 2.86. The van der Waals surface area contributed by atoms with Gasteiger partial charge in [0, 0.05) is 5.02 Å². The van der Waals surface area contributed by atoms with Crippen molar-refractivity contribution in [2.75, 3.05) is 13.1 Å². The number of rotatable bonds is 7. The van der Waals surface area contributed by atoms with E-state index in [1.807, 2.05) is 24.3 Å². The van der Waals surface area contributed by atoms with Crippen LogP contribution in [0.2, 0.25) is 5.02 Å². The maximum absolute atomic E-state index is 12.1. The summed E-state index contributed by atoms with van der Waals surface area (Å²) in [5.74, 6) is 2.13. The first-order valence-corrected chi connectivity index (χ1v) is 8.27. The van der Waals surface area contributed by atoms with Crippen LogP contribution in [0.3, 0.4) is 0 Å². The Labute approximate surface area is 143 Å². The monoisotopic (exact) mass is 342 g/mol. The van der Waals surface area contributed by atoms with Crippen molar-refractivity contribution >= 4 is 29.9 Å². The Bertz CT molecular complexity index is 502. The highest BCUT2D eigenvalue weighted by molar-refractivity contribution is 6.30. The van der Waals surface area contributed by atoms with Gasteiger partial charge in [-0.2, -0.15) is 0 Å². The minimum atomic E-state index is 0. The SMILES string of the molecule is CC1CC1C(NC(=O)CNCC1CC1)c1ccc(Cl)cc1.Cl. The summed E-state index contributed by atoms with van der Waals surface area (Å²) in [6.45, 7) is 3.63. The zero-order chi connectivity index (χ0) is 14.8. The molecule has 5 heteroatoms. The molecule has 2 saturated carbocycles. The number of hydrogen-bond donors (Lipinski definition) is 2. The summed E-state index contributed by atoms with van der Waals surface area (Å²) in [6, 6.07) is 7.96. The molecule has 0 spiro atoms. The van der Waals surface area contributed by atoms with E-state index in [0.717, 1.165) is 23.0 Å². The molecule has 1 aromatic carbocycles. The molecule has 0 saturated heterocycles. The standard InChI is InChI=1S/C17H23ClN2O.ClH/c1-11-8-15(11)17(13-4-6-14(18)7-5-13)20-16(21)10-19-9-12-2-3-12;/h4-7,11-12,15,17,19H,2-3,8-10H2,1H3,(H,20,21);1H. The van der Waals surface area contributed by atoms with Gasteiger partial charge in [-0.3, -0.25) is 4.79 Å². The lowest BCUT2D eigenvalue weighted by molar-refractivity contribution is -0.121. The third-order valence-electron chi connectivity index (χ3n) is 4.56. The molecule has 22 heavy (non-hydrogen) atoms. The molecule has 1 aromatic rings.